The average molecular weight is 1060 g/mol. The topological polar surface area (TPSA) is 78.9 Å². The molecule has 0 bridgehead atoms. The summed E-state index contributed by atoms with van der Waals surface area (Å²) in [6.07, 6.45) is 84.4. The molecule has 0 amide bonds. The molecule has 0 spiro atoms. The summed E-state index contributed by atoms with van der Waals surface area (Å²) in [7, 11) is 0. The van der Waals surface area contributed by atoms with Crippen LogP contribution in [-0.2, 0) is 28.6 Å². The summed E-state index contributed by atoms with van der Waals surface area (Å²) in [5, 5.41) is 0. The Kier molecular flexibility index (Phi) is 61.2. The maximum atomic E-state index is 12.9. The third-order valence-corrected chi connectivity index (χ3v) is 14.1. The van der Waals surface area contributed by atoms with E-state index in [9.17, 15) is 14.4 Å². The minimum atomic E-state index is -0.789. The molecule has 0 aromatic carbocycles. The van der Waals surface area contributed by atoms with E-state index in [-0.39, 0.29) is 31.1 Å². The lowest BCUT2D eigenvalue weighted by molar-refractivity contribution is -0.167. The number of carbonyl (C=O) groups excluding carboxylic acids is 3. The Morgan fingerprint density at radius 1 is 0.276 bits per heavy atom. The van der Waals surface area contributed by atoms with Gasteiger partial charge in [0.25, 0.3) is 0 Å². The monoisotopic (exact) mass is 1060 g/mol. The molecule has 0 rings (SSSR count). The summed E-state index contributed by atoms with van der Waals surface area (Å²) in [4.78, 5) is 38.3. The number of hydrogen-bond acceptors (Lipinski definition) is 6. The summed E-state index contributed by atoms with van der Waals surface area (Å²) in [6, 6.07) is 0. The van der Waals surface area contributed by atoms with Crippen LogP contribution in [0.2, 0.25) is 0 Å². The first-order chi connectivity index (χ1) is 37.5. The second-order valence-electron chi connectivity index (χ2n) is 21.6. The van der Waals surface area contributed by atoms with Crippen LogP contribution in [0, 0.1) is 0 Å². The second kappa shape index (κ2) is 64.1. The minimum absolute atomic E-state index is 0.0850. The summed E-state index contributed by atoms with van der Waals surface area (Å²) in [6.45, 7) is 6.53. The third-order valence-electron chi connectivity index (χ3n) is 14.1. The summed E-state index contributed by atoms with van der Waals surface area (Å²) in [5.41, 5.74) is 0. The molecule has 0 radical (unpaired) electrons. The van der Waals surface area contributed by atoms with E-state index in [1.165, 1.54) is 173 Å². The standard InChI is InChI=1S/C70H122O6/c1-4-7-10-13-16-19-22-25-28-30-32-33-34-35-36-37-38-40-42-45-48-51-54-57-60-63-69(72)75-66-67(65-74-68(71)62-59-56-53-50-47-44-41-27-24-21-18-15-12-9-6-3)76-70(73)64-61-58-55-52-49-46-43-39-31-29-26-23-20-17-14-11-8-5-2/h9,12,18,21-22,25,27,29-32,34-35,41,67H,4-8,10-11,13-17,19-20,23-24,26,28,33,36-40,42-66H2,1-3H3/b12-9-,21-18-,25-22-,31-29-,32-30-,35-34-,41-27-. The van der Waals surface area contributed by atoms with E-state index in [1.807, 2.05) is 0 Å². The number of ether oxygens (including phenoxy) is 3. The molecule has 438 valence electrons. The van der Waals surface area contributed by atoms with Gasteiger partial charge in [-0.05, 0) is 116 Å². The lowest BCUT2D eigenvalue weighted by Crippen LogP contribution is -2.30. The Morgan fingerprint density at radius 3 is 0.816 bits per heavy atom. The van der Waals surface area contributed by atoms with Gasteiger partial charge in [0.05, 0.1) is 0 Å². The molecule has 0 aliphatic heterocycles. The molecule has 0 aromatic rings. The Labute approximate surface area is 471 Å². The van der Waals surface area contributed by atoms with E-state index < -0.39 is 6.10 Å². The zero-order valence-corrected chi connectivity index (χ0v) is 50.3. The highest BCUT2D eigenvalue weighted by atomic mass is 16.6. The molecule has 0 saturated carbocycles. The highest BCUT2D eigenvalue weighted by molar-refractivity contribution is 5.71. The van der Waals surface area contributed by atoms with E-state index in [0.29, 0.717) is 19.3 Å². The zero-order chi connectivity index (χ0) is 55.0. The van der Waals surface area contributed by atoms with Crippen molar-refractivity contribution in [3.05, 3.63) is 85.1 Å². The van der Waals surface area contributed by atoms with Crippen LogP contribution in [0.4, 0.5) is 0 Å². The fraction of sp³-hybridized carbons (Fsp3) is 0.757. The molecule has 0 aliphatic rings. The van der Waals surface area contributed by atoms with Gasteiger partial charge < -0.3 is 14.2 Å². The van der Waals surface area contributed by atoms with E-state index in [4.69, 9.17) is 14.2 Å². The van der Waals surface area contributed by atoms with Gasteiger partial charge in [-0.2, -0.15) is 0 Å². The molecular formula is C70H122O6. The minimum Gasteiger partial charge on any atom is -0.462 e. The molecule has 0 fully saturated rings. The average Bonchev–Trinajstić information content (AvgIpc) is 3.42. The van der Waals surface area contributed by atoms with Crippen molar-refractivity contribution in [2.24, 2.45) is 0 Å². The first-order valence-corrected chi connectivity index (χ1v) is 32.6. The van der Waals surface area contributed by atoms with E-state index in [2.05, 4.69) is 106 Å². The lowest BCUT2D eigenvalue weighted by atomic mass is 10.1. The van der Waals surface area contributed by atoms with Crippen molar-refractivity contribution in [3.8, 4) is 0 Å². The summed E-state index contributed by atoms with van der Waals surface area (Å²) in [5.74, 6) is -0.898. The van der Waals surface area contributed by atoms with Gasteiger partial charge in [0.15, 0.2) is 6.10 Å². The van der Waals surface area contributed by atoms with E-state index in [0.717, 1.165) is 109 Å². The summed E-state index contributed by atoms with van der Waals surface area (Å²) < 4.78 is 16.9. The number of hydrogen-bond donors (Lipinski definition) is 0. The summed E-state index contributed by atoms with van der Waals surface area (Å²) >= 11 is 0. The first-order valence-electron chi connectivity index (χ1n) is 32.6. The van der Waals surface area contributed by atoms with Gasteiger partial charge in [-0.1, -0.05) is 273 Å². The molecule has 0 N–H and O–H groups in total. The van der Waals surface area contributed by atoms with Gasteiger partial charge in [-0.3, -0.25) is 14.4 Å². The quantitative estimate of drug-likeness (QED) is 0.0261. The van der Waals surface area contributed by atoms with Crippen LogP contribution in [0.3, 0.4) is 0 Å². The maximum Gasteiger partial charge on any atom is 0.306 e. The van der Waals surface area contributed by atoms with Crippen molar-refractivity contribution in [2.75, 3.05) is 13.2 Å². The molecule has 1 unspecified atom stereocenters. The number of carbonyl (C=O) groups is 3. The molecule has 0 heterocycles. The van der Waals surface area contributed by atoms with Crippen molar-refractivity contribution < 1.29 is 28.6 Å². The van der Waals surface area contributed by atoms with Crippen LogP contribution >= 0.6 is 0 Å². The molecule has 6 nitrogen and oxygen atoms in total. The van der Waals surface area contributed by atoms with Crippen molar-refractivity contribution in [3.63, 3.8) is 0 Å². The van der Waals surface area contributed by atoms with Crippen molar-refractivity contribution in [2.45, 2.75) is 329 Å². The largest absolute Gasteiger partial charge is 0.462 e. The van der Waals surface area contributed by atoms with Crippen LogP contribution in [0.1, 0.15) is 323 Å². The molecule has 76 heavy (non-hydrogen) atoms. The number of unbranched alkanes of at least 4 members (excludes halogenated alkanes) is 34. The second-order valence-corrected chi connectivity index (χ2v) is 21.6. The predicted octanol–water partition coefficient (Wildman–Crippen LogP) is 22.3. The van der Waals surface area contributed by atoms with Crippen LogP contribution in [0.25, 0.3) is 0 Å². The molecule has 0 saturated heterocycles. The molecule has 6 heteroatoms. The Bertz CT molecular complexity index is 1450. The number of rotatable bonds is 59. The number of esters is 3. The highest BCUT2D eigenvalue weighted by Gasteiger charge is 2.19. The highest BCUT2D eigenvalue weighted by Crippen LogP contribution is 2.16. The first kappa shape index (κ1) is 72.6. The van der Waals surface area contributed by atoms with Crippen molar-refractivity contribution >= 4 is 17.9 Å². The fourth-order valence-corrected chi connectivity index (χ4v) is 9.23. The molecule has 0 aromatic heterocycles. The fourth-order valence-electron chi connectivity index (χ4n) is 9.23. The Balaban J connectivity index is 4.35. The lowest BCUT2D eigenvalue weighted by Gasteiger charge is -2.18. The van der Waals surface area contributed by atoms with Gasteiger partial charge in [-0.25, -0.2) is 0 Å². The van der Waals surface area contributed by atoms with Gasteiger partial charge in [0, 0.05) is 19.3 Å². The van der Waals surface area contributed by atoms with Gasteiger partial charge in [-0.15, -0.1) is 0 Å². The molecule has 0 aliphatic carbocycles. The van der Waals surface area contributed by atoms with Gasteiger partial charge >= 0.3 is 17.9 Å². The molecular weight excluding hydrogens is 937 g/mol. The normalized spacial score (nSPS) is 12.6. The smallest absolute Gasteiger partial charge is 0.306 e. The van der Waals surface area contributed by atoms with Crippen LogP contribution < -0.4 is 0 Å². The SMILES string of the molecule is CC/C=C\C/C=C\C/C=C\CCCCCCCC(=O)OCC(COC(=O)CCCCCCCCCCCC/C=C\C/C=C\C/C=C\CCCCCCC)OC(=O)CCCCCCCCC/C=C\CCCCCCCCC. The van der Waals surface area contributed by atoms with Crippen molar-refractivity contribution in [1.29, 1.82) is 0 Å². The van der Waals surface area contributed by atoms with Gasteiger partial charge in [0.2, 0.25) is 0 Å². The van der Waals surface area contributed by atoms with E-state index >= 15 is 0 Å². The third kappa shape index (κ3) is 61.4. The predicted molar refractivity (Wildman–Crippen MR) is 330 cm³/mol. The van der Waals surface area contributed by atoms with Crippen LogP contribution in [0.15, 0.2) is 85.1 Å². The molecule has 1 atom stereocenters. The van der Waals surface area contributed by atoms with Crippen LogP contribution in [0.5, 0.6) is 0 Å². The van der Waals surface area contributed by atoms with Crippen molar-refractivity contribution in [1.82, 2.24) is 0 Å². The Hall–Kier alpha value is -3.41. The van der Waals surface area contributed by atoms with Gasteiger partial charge in [0.1, 0.15) is 13.2 Å². The van der Waals surface area contributed by atoms with E-state index in [1.54, 1.807) is 0 Å². The zero-order valence-electron chi connectivity index (χ0n) is 50.3. The Morgan fingerprint density at radius 2 is 0.513 bits per heavy atom. The maximum absolute atomic E-state index is 12.9. The van der Waals surface area contributed by atoms with Crippen LogP contribution in [-0.4, -0.2) is 37.2 Å². The number of allylic oxidation sites excluding steroid dienone is 14.